The predicted octanol–water partition coefficient (Wildman–Crippen LogP) is 4.52. The lowest BCUT2D eigenvalue weighted by Gasteiger charge is -2.11. The lowest BCUT2D eigenvalue weighted by molar-refractivity contribution is 0.0696. The first-order valence-corrected chi connectivity index (χ1v) is 8.45. The highest BCUT2D eigenvalue weighted by Gasteiger charge is 2.11. The zero-order valence-electron chi connectivity index (χ0n) is 14.8. The largest absolute Gasteiger partial charge is 0.489 e. The van der Waals surface area contributed by atoms with Gasteiger partial charge in [0.05, 0.1) is 5.56 Å². The van der Waals surface area contributed by atoms with Crippen LogP contribution in [0.1, 0.15) is 31.8 Å². The Morgan fingerprint density at radius 3 is 2.41 bits per heavy atom. The van der Waals surface area contributed by atoms with Gasteiger partial charge < -0.3 is 15.2 Å². The Morgan fingerprint density at radius 2 is 1.70 bits per heavy atom. The molecule has 0 saturated heterocycles. The molecule has 0 fully saturated rings. The molecule has 3 rings (SSSR count). The number of ether oxygens (including phenoxy) is 1. The number of hydrogen-bond acceptors (Lipinski definition) is 3. The molecule has 0 aromatic heterocycles. The van der Waals surface area contributed by atoms with Gasteiger partial charge in [0.15, 0.2) is 0 Å². The molecular formula is C22H19NO4. The van der Waals surface area contributed by atoms with Crippen LogP contribution in [0.5, 0.6) is 5.75 Å². The first-order chi connectivity index (χ1) is 13.0. The monoisotopic (exact) mass is 361 g/mol. The maximum Gasteiger partial charge on any atom is 0.335 e. The van der Waals surface area contributed by atoms with Crippen LogP contribution in [-0.4, -0.2) is 17.0 Å². The van der Waals surface area contributed by atoms with Crippen molar-refractivity contribution in [2.45, 2.75) is 13.5 Å². The minimum atomic E-state index is -1.00. The zero-order chi connectivity index (χ0) is 19.2. The summed E-state index contributed by atoms with van der Waals surface area (Å²) in [6.07, 6.45) is 0. The maximum atomic E-state index is 12.5. The van der Waals surface area contributed by atoms with E-state index in [4.69, 9.17) is 9.84 Å². The maximum absolute atomic E-state index is 12.5. The highest BCUT2D eigenvalue weighted by atomic mass is 16.5. The summed E-state index contributed by atoms with van der Waals surface area (Å²) in [6.45, 7) is 2.17. The lowest BCUT2D eigenvalue weighted by Crippen LogP contribution is -2.13. The van der Waals surface area contributed by atoms with E-state index >= 15 is 0 Å². The summed E-state index contributed by atoms with van der Waals surface area (Å²) in [5.41, 5.74) is 2.94. The summed E-state index contributed by atoms with van der Waals surface area (Å²) in [5, 5.41) is 11.8. The van der Waals surface area contributed by atoms with E-state index < -0.39 is 5.97 Å². The van der Waals surface area contributed by atoms with Crippen LogP contribution in [0, 0.1) is 6.92 Å². The summed E-state index contributed by atoms with van der Waals surface area (Å²) >= 11 is 0. The molecule has 0 saturated carbocycles. The standard InChI is InChI=1S/C22H19NO4/c1-15-12-18(22(25)26)10-11-20(15)23-21(24)17-8-5-9-19(13-17)27-14-16-6-3-2-4-7-16/h2-13H,14H2,1H3,(H,23,24)(H,25,26). The molecule has 5 heteroatoms. The van der Waals surface area contributed by atoms with Gasteiger partial charge in [0.1, 0.15) is 12.4 Å². The third-order valence-corrected chi connectivity index (χ3v) is 4.07. The second kappa shape index (κ2) is 8.19. The molecule has 2 N–H and O–H groups in total. The van der Waals surface area contributed by atoms with Crippen LogP contribution in [0.25, 0.3) is 0 Å². The van der Waals surface area contributed by atoms with E-state index in [1.165, 1.54) is 12.1 Å². The summed E-state index contributed by atoms with van der Waals surface area (Å²) < 4.78 is 5.75. The van der Waals surface area contributed by atoms with Gasteiger partial charge in [-0.25, -0.2) is 4.79 Å². The molecule has 0 radical (unpaired) electrons. The van der Waals surface area contributed by atoms with Crippen LogP contribution in [0.3, 0.4) is 0 Å². The fourth-order valence-electron chi connectivity index (χ4n) is 2.60. The van der Waals surface area contributed by atoms with Crippen LogP contribution >= 0.6 is 0 Å². The lowest BCUT2D eigenvalue weighted by atomic mass is 10.1. The Labute approximate surface area is 157 Å². The van der Waals surface area contributed by atoms with Gasteiger partial charge in [-0.05, 0) is 54.4 Å². The molecule has 27 heavy (non-hydrogen) atoms. The molecule has 0 atom stereocenters. The number of aromatic carboxylic acids is 1. The smallest absolute Gasteiger partial charge is 0.335 e. The molecule has 0 spiro atoms. The number of anilines is 1. The molecule has 0 bridgehead atoms. The number of carbonyl (C=O) groups excluding carboxylic acids is 1. The van der Waals surface area contributed by atoms with Crippen molar-refractivity contribution in [3.8, 4) is 5.75 Å². The van der Waals surface area contributed by atoms with E-state index in [-0.39, 0.29) is 11.5 Å². The topological polar surface area (TPSA) is 75.6 Å². The van der Waals surface area contributed by atoms with Gasteiger partial charge in [-0.1, -0.05) is 36.4 Å². The normalized spacial score (nSPS) is 10.3. The van der Waals surface area contributed by atoms with Crippen LogP contribution in [-0.2, 0) is 6.61 Å². The van der Waals surface area contributed by atoms with Crippen molar-refractivity contribution in [3.63, 3.8) is 0 Å². The molecule has 1 amide bonds. The molecule has 0 heterocycles. The highest BCUT2D eigenvalue weighted by Crippen LogP contribution is 2.20. The van der Waals surface area contributed by atoms with Crippen LogP contribution < -0.4 is 10.1 Å². The molecule has 5 nitrogen and oxygen atoms in total. The first kappa shape index (κ1) is 18.2. The zero-order valence-corrected chi connectivity index (χ0v) is 14.8. The third kappa shape index (κ3) is 4.73. The van der Waals surface area contributed by atoms with Gasteiger partial charge >= 0.3 is 5.97 Å². The fraction of sp³-hybridized carbons (Fsp3) is 0.0909. The van der Waals surface area contributed by atoms with Crippen molar-refractivity contribution < 1.29 is 19.4 Å². The number of hydrogen-bond donors (Lipinski definition) is 2. The molecule has 3 aromatic rings. The van der Waals surface area contributed by atoms with Crippen molar-refractivity contribution in [1.82, 2.24) is 0 Å². The average molecular weight is 361 g/mol. The minimum absolute atomic E-state index is 0.182. The van der Waals surface area contributed by atoms with Crippen molar-refractivity contribution in [2.75, 3.05) is 5.32 Å². The van der Waals surface area contributed by atoms with E-state index in [0.717, 1.165) is 5.56 Å². The van der Waals surface area contributed by atoms with Crippen molar-refractivity contribution in [1.29, 1.82) is 0 Å². The number of carboxylic acid groups (broad SMARTS) is 1. The Bertz CT molecular complexity index is 967. The quantitative estimate of drug-likeness (QED) is 0.677. The van der Waals surface area contributed by atoms with E-state index in [1.54, 1.807) is 37.3 Å². The van der Waals surface area contributed by atoms with Crippen molar-refractivity contribution in [3.05, 3.63) is 95.1 Å². The molecular weight excluding hydrogens is 342 g/mol. The number of nitrogens with one attached hydrogen (secondary N) is 1. The fourth-order valence-corrected chi connectivity index (χ4v) is 2.60. The predicted molar refractivity (Wildman–Crippen MR) is 103 cm³/mol. The van der Waals surface area contributed by atoms with E-state index in [0.29, 0.717) is 29.2 Å². The van der Waals surface area contributed by atoms with Gasteiger partial charge in [-0.3, -0.25) is 4.79 Å². The molecule has 3 aromatic carbocycles. The van der Waals surface area contributed by atoms with E-state index in [9.17, 15) is 9.59 Å². The Hall–Kier alpha value is -3.60. The molecule has 0 aliphatic carbocycles. The summed E-state index contributed by atoms with van der Waals surface area (Å²) in [4.78, 5) is 23.5. The number of aryl methyl sites for hydroxylation is 1. The van der Waals surface area contributed by atoms with Gasteiger partial charge in [0.2, 0.25) is 0 Å². The second-order valence-corrected chi connectivity index (χ2v) is 6.09. The van der Waals surface area contributed by atoms with Gasteiger partial charge in [-0.15, -0.1) is 0 Å². The molecule has 0 aliphatic heterocycles. The van der Waals surface area contributed by atoms with Crippen LogP contribution in [0.15, 0.2) is 72.8 Å². The molecule has 136 valence electrons. The van der Waals surface area contributed by atoms with Gasteiger partial charge in [0.25, 0.3) is 5.91 Å². The Kier molecular flexibility index (Phi) is 5.52. The number of benzene rings is 3. The average Bonchev–Trinajstić information content (AvgIpc) is 2.68. The number of rotatable bonds is 6. The van der Waals surface area contributed by atoms with Crippen LogP contribution in [0.4, 0.5) is 5.69 Å². The summed E-state index contributed by atoms with van der Waals surface area (Å²) in [6, 6.07) is 21.3. The summed E-state index contributed by atoms with van der Waals surface area (Å²) in [7, 11) is 0. The first-order valence-electron chi connectivity index (χ1n) is 8.45. The van der Waals surface area contributed by atoms with Crippen molar-refractivity contribution >= 4 is 17.6 Å². The van der Waals surface area contributed by atoms with E-state index in [1.807, 2.05) is 30.3 Å². The molecule has 0 unspecified atom stereocenters. The van der Waals surface area contributed by atoms with Crippen LogP contribution in [0.2, 0.25) is 0 Å². The van der Waals surface area contributed by atoms with Gasteiger partial charge in [-0.2, -0.15) is 0 Å². The number of carbonyl (C=O) groups is 2. The van der Waals surface area contributed by atoms with E-state index in [2.05, 4.69) is 5.32 Å². The minimum Gasteiger partial charge on any atom is -0.489 e. The number of amides is 1. The van der Waals surface area contributed by atoms with Crippen molar-refractivity contribution in [2.24, 2.45) is 0 Å². The summed E-state index contributed by atoms with van der Waals surface area (Å²) in [5.74, 6) is -0.685. The number of carboxylic acids is 1. The Morgan fingerprint density at radius 1 is 0.926 bits per heavy atom. The Balaban J connectivity index is 1.69. The molecule has 0 aliphatic rings. The second-order valence-electron chi connectivity index (χ2n) is 6.09. The highest BCUT2D eigenvalue weighted by molar-refractivity contribution is 6.05. The SMILES string of the molecule is Cc1cc(C(=O)O)ccc1NC(=O)c1cccc(OCc2ccccc2)c1. The third-order valence-electron chi connectivity index (χ3n) is 4.07. The van der Waals surface area contributed by atoms with Gasteiger partial charge in [0, 0.05) is 11.3 Å².